The standard InChI is InChI=1S/C17H13BrO3/c1-9-13(8-18)15-12(7-14(9)21-2)16(19)10-5-3-4-6-11(10)17(15)20/h3-7H,8H2,1-2H3. The summed E-state index contributed by atoms with van der Waals surface area (Å²) >= 11 is 3.42. The average molecular weight is 345 g/mol. The minimum Gasteiger partial charge on any atom is -0.496 e. The molecule has 3 nitrogen and oxygen atoms in total. The average Bonchev–Trinajstić information content (AvgIpc) is 2.52. The van der Waals surface area contributed by atoms with Gasteiger partial charge in [0.1, 0.15) is 5.75 Å². The van der Waals surface area contributed by atoms with Crippen LogP contribution in [0.15, 0.2) is 30.3 Å². The van der Waals surface area contributed by atoms with Gasteiger partial charge in [-0.15, -0.1) is 0 Å². The van der Waals surface area contributed by atoms with Crippen molar-refractivity contribution in [1.29, 1.82) is 0 Å². The molecule has 0 aromatic heterocycles. The molecule has 0 saturated heterocycles. The molecule has 0 unspecified atom stereocenters. The van der Waals surface area contributed by atoms with Crippen molar-refractivity contribution in [2.45, 2.75) is 12.3 Å². The molecule has 3 rings (SSSR count). The Morgan fingerprint density at radius 1 is 1.05 bits per heavy atom. The number of benzene rings is 2. The van der Waals surface area contributed by atoms with Gasteiger partial charge in [-0.2, -0.15) is 0 Å². The van der Waals surface area contributed by atoms with Crippen LogP contribution < -0.4 is 4.74 Å². The van der Waals surface area contributed by atoms with Crippen molar-refractivity contribution in [1.82, 2.24) is 0 Å². The van der Waals surface area contributed by atoms with Crippen molar-refractivity contribution in [3.63, 3.8) is 0 Å². The Hall–Kier alpha value is -1.94. The smallest absolute Gasteiger partial charge is 0.194 e. The monoisotopic (exact) mass is 344 g/mol. The van der Waals surface area contributed by atoms with E-state index >= 15 is 0 Å². The van der Waals surface area contributed by atoms with E-state index in [-0.39, 0.29) is 11.6 Å². The van der Waals surface area contributed by atoms with Crippen LogP contribution in [0.4, 0.5) is 0 Å². The van der Waals surface area contributed by atoms with Gasteiger partial charge in [0.05, 0.1) is 7.11 Å². The van der Waals surface area contributed by atoms with Gasteiger partial charge in [-0.25, -0.2) is 0 Å². The number of hydrogen-bond acceptors (Lipinski definition) is 3. The van der Waals surface area contributed by atoms with Gasteiger partial charge < -0.3 is 4.74 Å². The Labute approximate surface area is 131 Å². The molecule has 0 spiro atoms. The van der Waals surface area contributed by atoms with Gasteiger partial charge in [0.2, 0.25) is 0 Å². The molecular formula is C17H13BrO3. The second-order valence-electron chi connectivity index (χ2n) is 4.94. The Balaban J connectivity index is 2.37. The second-order valence-corrected chi connectivity index (χ2v) is 5.50. The lowest BCUT2D eigenvalue weighted by atomic mass is 9.80. The van der Waals surface area contributed by atoms with Gasteiger partial charge in [-0.1, -0.05) is 40.2 Å². The summed E-state index contributed by atoms with van der Waals surface area (Å²) in [7, 11) is 1.57. The molecule has 21 heavy (non-hydrogen) atoms. The zero-order valence-electron chi connectivity index (χ0n) is 11.7. The fraction of sp³-hybridized carbons (Fsp3) is 0.176. The lowest BCUT2D eigenvalue weighted by molar-refractivity contribution is 0.0978. The molecule has 0 atom stereocenters. The van der Waals surface area contributed by atoms with Crippen molar-refractivity contribution in [3.05, 3.63) is 63.7 Å². The van der Waals surface area contributed by atoms with E-state index in [0.29, 0.717) is 33.3 Å². The van der Waals surface area contributed by atoms with Gasteiger partial charge in [-0.05, 0) is 24.1 Å². The molecule has 1 aliphatic rings. The summed E-state index contributed by atoms with van der Waals surface area (Å²) in [6, 6.07) is 8.62. The highest BCUT2D eigenvalue weighted by Crippen LogP contribution is 2.36. The fourth-order valence-corrected chi connectivity index (χ4v) is 3.49. The van der Waals surface area contributed by atoms with Crippen LogP contribution in [-0.4, -0.2) is 18.7 Å². The Morgan fingerprint density at radius 2 is 1.67 bits per heavy atom. The maximum absolute atomic E-state index is 12.8. The van der Waals surface area contributed by atoms with Crippen molar-refractivity contribution in [2.75, 3.05) is 7.11 Å². The van der Waals surface area contributed by atoms with Crippen molar-refractivity contribution >= 4 is 27.5 Å². The quantitative estimate of drug-likeness (QED) is 0.666. The number of methoxy groups -OCH3 is 1. The lowest BCUT2D eigenvalue weighted by Crippen LogP contribution is -2.23. The second kappa shape index (κ2) is 5.11. The van der Waals surface area contributed by atoms with Gasteiger partial charge in [0, 0.05) is 27.6 Å². The number of ether oxygens (including phenoxy) is 1. The van der Waals surface area contributed by atoms with Crippen LogP contribution in [0.5, 0.6) is 5.75 Å². The third kappa shape index (κ3) is 1.94. The van der Waals surface area contributed by atoms with Crippen LogP contribution >= 0.6 is 15.9 Å². The molecule has 2 aromatic rings. The first-order valence-electron chi connectivity index (χ1n) is 6.55. The van der Waals surface area contributed by atoms with E-state index in [2.05, 4.69) is 15.9 Å². The number of fused-ring (bicyclic) bond motifs is 2. The molecule has 0 heterocycles. The van der Waals surface area contributed by atoms with E-state index in [4.69, 9.17) is 4.74 Å². The first-order chi connectivity index (χ1) is 10.1. The maximum Gasteiger partial charge on any atom is 0.194 e. The van der Waals surface area contributed by atoms with E-state index in [1.54, 1.807) is 37.4 Å². The summed E-state index contributed by atoms with van der Waals surface area (Å²) < 4.78 is 5.34. The summed E-state index contributed by atoms with van der Waals surface area (Å²) in [6.45, 7) is 1.90. The SMILES string of the molecule is COc1cc2c(c(CBr)c1C)C(=O)c1ccccc1C2=O. The molecule has 1 aliphatic carbocycles. The number of halogens is 1. The van der Waals surface area contributed by atoms with Crippen LogP contribution in [-0.2, 0) is 5.33 Å². The predicted molar refractivity (Wildman–Crippen MR) is 83.7 cm³/mol. The molecule has 0 saturated carbocycles. The Bertz CT molecular complexity index is 778. The minimum atomic E-state index is -0.124. The zero-order chi connectivity index (χ0) is 15.1. The van der Waals surface area contributed by atoms with E-state index in [1.807, 2.05) is 6.92 Å². The summed E-state index contributed by atoms with van der Waals surface area (Å²) in [5, 5.41) is 0.500. The Kier molecular flexibility index (Phi) is 3.41. The third-order valence-electron chi connectivity index (χ3n) is 3.91. The molecule has 0 bridgehead atoms. The largest absolute Gasteiger partial charge is 0.496 e. The van der Waals surface area contributed by atoms with Gasteiger partial charge >= 0.3 is 0 Å². The van der Waals surface area contributed by atoms with Crippen LogP contribution in [0.25, 0.3) is 0 Å². The highest BCUT2D eigenvalue weighted by Gasteiger charge is 2.32. The predicted octanol–water partition coefficient (Wildman–Crippen LogP) is 3.67. The molecule has 0 amide bonds. The molecular weight excluding hydrogens is 332 g/mol. The molecule has 0 N–H and O–H groups in total. The lowest BCUT2D eigenvalue weighted by Gasteiger charge is -2.22. The van der Waals surface area contributed by atoms with Crippen LogP contribution in [0, 0.1) is 6.92 Å². The first-order valence-corrected chi connectivity index (χ1v) is 7.67. The van der Waals surface area contributed by atoms with E-state index in [1.165, 1.54) is 0 Å². The van der Waals surface area contributed by atoms with E-state index in [9.17, 15) is 9.59 Å². The Morgan fingerprint density at radius 3 is 2.24 bits per heavy atom. The molecule has 4 heteroatoms. The van der Waals surface area contributed by atoms with Gasteiger partial charge in [-0.3, -0.25) is 9.59 Å². The maximum atomic E-state index is 12.8. The van der Waals surface area contributed by atoms with Crippen LogP contribution in [0.3, 0.4) is 0 Å². The van der Waals surface area contributed by atoms with Crippen molar-refractivity contribution in [3.8, 4) is 5.75 Å². The third-order valence-corrected chi connectivity index (χ3v) is 4.47. The van der Waals surface area contributed by atoms with Crippen molar-refractivity contribution in [2.24, 2.45) is 0 Å². The fourth-order valence-electron chi connectivity index (χ4n) is 2.79. The molecule has 0 radical (unpaired) electrons. The minimum absolute atomic E-state index is 0.0968. The normalized spacial score (nSPS) is 12.9. The highest BCUT2D eigenvalue weighted by molar-refractivity contribution is 9.08. The molecule has 106 valence electrons. The van der Waals surface area contributed by atoms with Gasteiger partial charge in [0.15, 0.2) is 11.6 Å². The molecule has 0 fully saturated rings. The van der Waals surface area contributed by atoms with Crippen LogP contribution in [0.1, 0.15) is 43.0 Å². The molecule has 2 aromatic carbocycles. The van der Waals surface area contributed by atoms with Gasteiger partial charge in [0.25, 0.3) is 0 Å². The molecule has 0 aliphatic heterocycles. The van der Waals surface area contributed by atoms with Crippen molar-refractivity contribution < 1.29 is 14.3 Å². The highest BCUT2D eigenvalue weighted by atomic mass is 79.9. The first kappa shape index (κ1) is 14.0. The summed E-state index contributed by atoms with van der Waals surface area (Å²) in [5.74, 6) is 0.407. The van der Waals surface area contributed by atoms with Crippen LogP contribution in [0.2, 0.25) is 0 Å². The number of hydrogen-bond donors (Lipinski definition) is 0. The summed E-state index contributed by atoms with van der Waals surface area (Å²) in [6.07, 6.45) is 0. The number of alkyl halides is 1. The van der Waals surface area contributed by atoms with E-state index < -0.39 is 0 Å². The summed E-state index contributed by atoms with van der Waals surface area (Å²) in [5.41, 5.74) is 3.55. The topological polar surface area (TPSA) is 43.4 Å². The number of rotatable bonds is 2. The summed E-state index contributed by atoms with van der Waals surface area (Å²) in [4.78, 5) is 25.4. The number of ketones is 2. The number of carbonyl (C=O) groups is 2. The zero-order valence-corrected chi connectivity index (χ0v) is 13.3. The number of carbonyl (C=O) groups excluding carboxylic acids is 2. The van der Waals surface area contributed by atoms with E-state index in [0.717, 1.165) is 11.1 Å².